The van der Waals surface area contributed by atoms with Crippen molar-refractivity contribution < 1.29 is 4.74 Å². The van der Waals surface area contributed by atoms with Gasteiger partial charge < -0.3 is 15.4 Å². The molecule has 0 aromatic carbocycles. The van der Waals surface area contributed by atoms with Gasteiger partial charge in [-0.3, -0.25) is 0 Å². The molecule has 0 aromatic rings. The Morgan fingerprint density at radius 1 is 1.43 bits per heavy atom. The molecule has 1 saturated heterocycles. The average Bonchev–Trinajstić information content (AvgIpc) is 2.17. The Kier molecular flexibility index (Phi) is 3.93. The van der Waals surface area contributed by atoms with Crippen molar-refractivity contribution >= 4 is 0 Å². The van der Waals surface area contributed by atoms with E-state index in [-0.39, 0.29) is 11.1 Å². The number of hydrogen-bond acceptors (Lipinski definition) is 3. The largest absolute Gasteiger partial charge is 0.380 e. The van der Waals surface area contributed by atoms with Crippen LogP contribution in [0.2, 0.25) is 0 Å². The van der Waals surface area contributed by atoms with Crippen LogP contribution in [0.25, 0.3) is 0 Å². The maximum Gasteiger partial charge on any atom is 0.0645 e. The molecular formula is C11H24N2O. The van der Waals surface area contributed by atoms with E-state index in [1.54, 1.807) is 0 Å². The van der Waals surface area contributed by atoms with Crippen molar-refractivity contribution in [2.75, 3.05) is 26.8 Å². The number of likely N-dealkylation sites (N-methyl/N-ethyl adjacent to an activating group) is 1. The summed E-state index contributed by atoms with van der Waals surface area (Å²) in [4.78, 5) is 0. The third-order valence-corrected chi connectivity index (χ3v) is 3.07. The minimum absolute atomic E-state index is 0.153. The summed E-state index contributed by atoms with van der Waals surface area (Å²) >= 11 is 0. The van der Waals surface area contributed by atoms with Crippen molar-refractivity contribution in [2.24, 2.45) is 0 Å². The van der Waals surface area contributed by atoms with E-state index in [0.29, 0.717) is 0 Å². The number of nitrogens with one attached hydrogen (secondary N) is 2. The van der Waals surface area contributed by atoms with Gasteiger partial charge in [0.15, 0.2) is 0 Å². The van der Waals surface area contributed by atoms with E-state index in [1.807, 2.05) is 7.05 Å². The Morgan fingerprint density at radius 2 is 2.14 bits per heavy atom. The highest BCUT2D eigenvalue weighted by molar-refractivity contribution is 4.89. The first-order chi connectivity index (χ1) is 6.47. The molecule has 0 aromatic heterocycles. The number of rotatable bonds is 4. The van der Waals surface area contributed by atoms with Crippen LogP contribution in [0, 0.1) is 0 Å². The molecule has 84 valence electrons. The van der Waals surface area contributed by atoms with Gasteiger partial charge in [-0.2, -0.15) is 0 Å². The third-order valence-electron chi connectivity index (χ3n) is 3.07. The van der Waals surface area contributed by atoms with Gasteiger partial charge in [-0.1, -0.05) is 0 Å². The van der Waals surface area contributed by atoms with Crippen LogP contribution < -0.4 is 10.6 Å². The van der Waals surface area contributed by atoms with Gasteiger partial charge in [0.1, 0.15) is 0 Å². The molecule has 1 heterocycles. The van der Waals surface area contributed by atoms with E-state index in [4.69, 9.17) is 4.74 Å². The van der Waals surface area contributed by atoms with Crippen molar-refractivity contribution in [1.29, 1.82) is 0 Å². The summed E-state index contributed by atoms with van der Waals surface area (Å²) in [7, 11) is 2.00. The standard InChI is InChI=1S/C11H24N2O/c1-10(2,12-4)8-13-11(3)6-5-7-14-9-11/h12-13H,5-9H2,1-4H3. The second kappa shape index (κ2) is 4.60. The quantitative estimate of drug-likeness (QED) is 0.714. The molecule has 3 nitrogen and oxygen atoms in total. The van der Waals surface area contributed by atoms with E-state index in [1.165, 1.54) is 12.8 Å². The van der Waals surface area contributed by atoms with Crippen LogP contribution in [0.15, 0.2) is 0 Å². The molecule has 14 heavy (non-hydrogen) atoms. The molecule has 0 radical (unpaired) electrons. The molecule has 2 N–H and O–H groups in total. The first-order valence-electron chi connectivity index (χ1n) is 5.49. The fraction of sp³-hybridized carbons (Fsp3) is 1.00. The first-order valence-corrected chi connectivity index (χ1v) is 5.49. The normalized spacial score (nSPS) is 29.1. The summed E-state index contributed by atoms with van der Waals surface area (Å²) in [5, 5.41) is 6.90. The zero-order valence-corrected chi connectivity index (χ0v) is 9.94. The Balaban J connectivity index is 2.35. The lowest BCUT2D eigenvalue weighted by Gasteiger charge is -2.37. The Hall–Kier alpha value is -0.120. The zero-order valence-electron chi connectivity index (χ0n) is 9.94. The molecule has 1 fully saturated rings. The average molecular weight is 200 g/mol. The lowest BCUT2D eigenvalue weighted by molar-refractivity contribution is 0.0261. The van der Waals surface area contributed by atoms with Gasteiger partial charge in [0.2, 0.25) is 0 Å². The van der Waals surface area contributed by atoms with E-state index in [0.717, 1.165) is 19.8 Å². The van der Waals surface area contributed by atoms with Gasteiger partial charge in [-0.15, -0.1) is 0 Å². The number of hydrogen-bond donors (Lipinski definition) is 2. The molecule has 1 aliphatic heterocycles. The molecule has 0 bridgehead atoms. The minimum Gasteiger partial charge on any atom is -0.380 e. The summed E-state index contributed by atoms with van der Waals surface area (Å²) in [5.41, 5.74) is 0.326. The van der Waals surface area contributed by atoms with E-state index >= 15 is 0 Å². The van der Waals surface area contributed by atoms with Gasteiger partial charge in [0.25, 0.3) is 0 Å². The molecule has 1 rings (SSSR count). The molecule has 1 aliphatic rings. The van der Waals surface area contributed by atoms with Crippen LogP contribution in [0.5, 0.6) is 0 Å². The van der Waals surface area contributed by atoms with Gasteiger partial charge in [0, 0.05) is 24.2 Å². The topological polar surface area (TPSA) is 33.3 Å². The highest BCUT2D eigenvalue weighted by atomic mass is 16.5. The van der Waals surface area contributed by atoms with Crippen LogP contribution in [0.3, 0.4) is 0 Å². The molecule has 1 unspecified atom stereocenters. The van der Waals surface area contributed by atoms with Gasteiger partial charge in [-0.25, -0.2) is 0 Å². The van der Waals surface area contributed by atoms with E-state index < -0.39 is 0 Å². The Bertz CT molecular complexity index is 174. The first kappa shape index (κ1) is 12.0. The van der Waals surface area contributed by atoms with Crippen molar-refractivity contribution in [3.8, 4) is 0 Å². The van der Waals surface area contributed by atoms with Crippen LogP contribution in [-0.4, -0.2) is 37.9 Å². The second-order valence-corrected chi connectivity index (χ2v) is 5.20. The zero-order chi connectivity index (χ0) is 10.7. The van der Waals surface area contributed by atoms with Crippen molar-refractivity contribution in [3.63, 3.8) is 0 Å². The Morgan fingerprint density at radius 3 is 2.64 bits per heavy atom. The highest BCUT2D eigenvalue weighted by Gasteiger charge is 2.28. The van der Waals surface area contributed by atoms with E-state index in [2.05, 4.69) is 31.4 Å². The van der Waals surface area contributed by atoms with Crippen LogP contribution in [0.4, 0.5) is 0 Å². The van der Waals surface area contributed by atoms with Crippen molar-refractivity contribution in [1.82, 2.24) is 10.6 Å². The lowest BCUT2D eigenvalue weighted by Crippen LogP contribution is -2.56. The molecule has 0 spiro atoms. The maximum absolute atomic E-state index is 5.50. The third kappa shape index (κ3) is 3.56. The lowest BCUT2D eigenvalue weighted by atomic mass is 9.93. The summed E-state index contributed by atoms with van der Waals surface area (Å²) in [6.45, 7) is 9.39. The fourth-order valence-corrected chi connectivity index (χ4v) is 1.60. The predicted molar refractivity (Wildman–Crippen MR) is 59.6 cm³/mol. The molecule has 0 saturated carbocycles. The summed E-state index contributed by atoms with van der Waals surface area (Å²) in [5.74, 6) is 0. The molecule has 0 amide bonds. The van der Waals surface area contributed by atoms with Crippen LogP contribution in [-0.2, 0) is 4.74 Å². The molecule has 0 aliphatic carbocycles. The van der Waals surface area contributed by atoms with Crippen LogP contribution in [0.1, 0.15) is 33.6 Å². The van der Waals surface area contributed by atoms with Crippen molar-refractivity contribution in [3.05, 3.63) is 0 Å². The molecular weight excluding hydrogens is 176 g/mol. The second-order valence-electron chi connectivity index (χ2n) is 5.20. The van der Waals surface area contributed by atoms with Crippen LogP contribution >= 0.6 is 0 Å². The SMILES string of the molecule is CNC(C)(C)CNC1(C)CCCOC1. The van der Waals surface area contributed by atoms with Gasteiger partial charge in [0.05, 0.1) is 6.61 Å². The summed E-state index contributed by atoms with van der Waals surface area (Å²) in [6, 6.07) is 0. The molecule has 1 atom stereocenters. The minimum atomic E-state index is 0.153. The maximum atomic E-state index is 5.50. The monoisotopic (exact) mass is 200 g/mol. The highest BCUT2D eigenvalue weighted by Crippen LogP contribution is 2.18. The van der Waals surface area contributed by atoms with Gasteiger partial charge >= 0.3 is 0 Å². The summed E-state index contributed by atoms with van der Waals surface area (Å²) < 4.78 is 5.50. The Labute approximate surface area is 87.6 Å². The smallest absolute Gasteiger partial charge is 0.0645 e. The predicted octanol–water partition coefficient (Wildman–Crippen LogP) is 1.14. The van der Waals surface area contributed by atoms with E-state index in [9.17, 15) is 0 Å². The summed E-state index contributed by atoms with van der Waals surface area (Å²) in [6.07, 6.45) is 2.39. The number of ether oxygens (including phenoxy) is 1. The fourth-order valence-electron chi connectivity index (χ4n) is 1.60. The van der Waals surface area contributed by atoms with Crippen molar-refractivity contribution in [2.45, 2.75) is 44.7 Å². The molecule has 3 heteroatoms. The van der Waals surface area contributed by atoms with Gasteiger partial charge in [-0.05, 0) is 40.7 Å².